The molecule has 0 bridgehead atoms. The number of nitrogens with zero attached hydrogens (tertiary/aromatic N) is 3. The molecule has 146 valence electrons. The second-order valence-electron chi connectivity index (χ2n) is 8.89. The number of hydrogen-bond acceptors (Lipinski definition) is 3. The molecule has 4 heteroatoms. The number of aromatic nitrogens is 1. The number of piperazine rings is 1. The summed E-state index contributed by atoms with van der Waals surface area (Å²) in [6.45, 7) is 15.7. The summed E-state index contributed by atoms with van der Waals surface area (Å²) in [5.74, 6) is 0.525. The summed E-state index contributed by atoms with van der Waals surface area (Å²) in [6.07, 6.45) is 1.80. The minimum Gasteiger partial charge on any atom is -0.296 e. The molecule has 27 heavy (non-hydrogen) atoms. The van der Waals surface area contributed by atoms with E-state index in [0.29, 0.717) is 17.1 Å². The van der Waals surface area contributed by atoms with Crippen molar-refractivity contribution in [1.82, 2.24) is 14.8 Å². The van der Waals surface area contributed by atoms with Gasteiger partial charge in [0.25, 0.3) is 0 Å². The molecule has 1 unspecified atom stereocenters. The second-order valence-corrected chi connectivity index (χ2v) is 9.27. The van der Waals surface area contributed by atoms with Gasteiger partial charge in [-0.3, -0.25) is 9.80 Å². The Morgan fingerprint density at radius 3 is 2.56 bits per heavy atom. The van der Waals surface area contributed by atoms with Gasteiger partial charge < -0.3 is 0 Å². The zero-order chi connectivity index (χ0) is 19.6. The summed E-state index contributed by atoms with van der Waals surface area (Å²) >= 11 is 6.09. The fourth-order valence-corrected chi connectivity index (χ4v) is 4.39. The third-order valence-electron chi connectivity index (χ3n) is 5.50. The van der Waals surface area contributed by atoms with Crippen LogP contribution < -0.4 is 0 Å². The SMILES string of the molecule is CC(C)c1ccccc1C1CN(Cc2ccnc(Cl)c2)CCN1C(C)(C)C. The van der Waals surface area contributed by atoms with E-state index in [1.165, 1.54) is 16.7 Å². The van der Waals surface area contributed by atoms with Crippen molar-refractivity contribution in [3.8, 4) is 0 Å². The number of benzene rings is 1. The molecule has 1 fully saturated rings. The zero-order valence-corrected chi connectivity index (χ0v) is 18.0. The largest absolute Gasteiger partial charge is 0.296 e. The maximum atomic E-state index is 6.09. The fraction of sp³-hybridized carbons (Fsp3) is 0.522. The third-order valence-corrected chi connectivity index (χ3v) is 5.71. The molecule has 0 saturated carbocycles. The predicted octanol–water partition coefficient (Wildman–Crippen LogP) is 5.52. The van der Waals surface area contributed by atoms with Crippen molar-refractivity contribution in [2.24, 2.45) is 0 Å². The van der Waals surface area contributed by atoms with Crippen molar-refractivity contribution in [2.45, 2.75) is 58.7 Å². The van der Waals surface area contributed by atoms with Gasteiger partial charge in [0, 0.05) is 44.0 Å². The Labute approximate surface area is 169 Å². The molecular formula is C23H32ClN3. The molecule has 1 saturated heterocycles. The van der Waals surface area contributed by atoms with E-state index in [9.17, 15) is 0 Å². The molecule has 1 aliphatic heterocycles. The zero-order valence-electron chi connectivity index (χ0n) is 17.2. The first kappa shape index (κ1) is 20.3. The molecule has 2 heterocycles. The van der Waals surface area contributed by atoms with Crippen LogP contribution >= 0.6 is 11.6 Å². The van der Waals surface area contributed by atoms with Crippen LogP contribution in [0.3, 0.4) is 0 Å². The lowest BCUT2D eigenvalue weighted by Crippen LogP contribution is -2.55. The standard InChI is InChI=1S/C23H32ClN3/c1-17(2)19-8-6-7-9-20(19)21-16-26(12-13-27(21)23(3,4)5)15-18-10-11-25-22(24)14-18/h6-11,14,17,21H,12-13,15-16H2,1-5H3. The Balaban J connectivity index is 1.89. The van der Waals surface area contributed by atoms with Crippen molar-refractivity contribution in [3.05, 3.63) is 64.4 Å². The molecule has 1 aromatic heterocycles. The molecule has 0 radical (unpaired) electrons. The number of halogens is 1. The predicted molar refractivity (Wildman–Crippen MR) is 114 cm³/mol. The molecule has 0 amide bonds. The highest BCUT2D eigenvalue weighted by atomic mass is 35.5. The Hall–Kier alpha value is -1.42. The lowest BCUT2D eigenvalue weighted by atomic mass is 9.88. The van der Waals surface area contributed by atoms with E-state index in [-0.39, 0.29) is 5.54 Å². The average Bonchev–Trinajstić information content (AvgIpc) is 2.60. The highest BCUT2D eigenvalue weighted by Crippen LogP contribution is 2.36. The molecular weight excluding hydrogens is 354 g/mol. The number of pyridine rings is 1. The first-order valence-corrected chi connectivity index (χ1v) is 10.3. The van der Waals surface area contributed by atoms with Gasteiger partial charge in [0.1, 0.15) is 5.15 Å². The van der Waals surface area contributed by atoms with Crippen molar-refractivity contribution < 1.29 is 0 Å². The third kappa shape index (κ3) is 4.90. The minimum atomic E-state index is 0.140. The van der Waals surface area contributed by atoms with Crippen LogP contribution in [0.25, 0.3) is 0 Å². The molecule has 3 nitrogen and oxygen atoms in total. The van der Waals surface area contributed by atoms with Crippen molar-refractivity contribution in [2.75, 3.05) is 19.6 Å². The molecule has 0 N–H and O–H groups in total. The first-order valence-electron chi connectivity index (χ1n) is 9.94. The van der Waals surface area contributed by atoms with Gasteiger partial charge >= 0.3 is 0 Å². The molecule has 1 aromatic carbocycles. The Kier molecular flexibility index (Phi) is 6.25. The summed E-state index contributed by atoms with van der Waals surface area (Å²) in [4.78, 5) is 9.33. The van der Waals surface area contributed by atoms with Gasteiger partial charge in [-0.2, -0.15) is 0 Å². The van der Waals surface area contributed by atoms with Crippen LogP contribution in [0.1, 0.15) is 63.3 Å². The van der Waals surface area contributed by atoms with E-state index in [4.69, 9.17) is 11.6 Å². The van der Waals surface area contributed by atoms with Crippen LogP contribution in [0.15, 0.2) is 42.6 Å². The highest BCUT2D eigenvalue weighted by molar-refractivity contribution is 6.29. The van der Waals surface area contributed by atoms with Gasteiger partial charge in [0.05, 0.1) is 0 Å². The Bertz CT molecular complexity index is 766. The fourth-order valence-electron chi connectivity index (χ4n) is 4.19. The van der Waals surface area contributed by atoms with E-state index >= 15 is 0 Å². The lowest BCUT2D eigenvalue weighted by molar-refractivity contribution is 0.00554. The van der Waals surface area contributed by atoms with Gasteiger partial charge in [-0.25, -0.2) is 4.98 Å². The number of rotatable bonds is 4. The average molecular weight is 386 g/mol. The van der Waals surface area contributed by atoms with Gasteiger partial charge in [0.2, 0.25) is 0 Å². The van der Waals surface area contributed by atoms with Crippen molar-refractivity contribution in [3.63, 3.8) is 0 Å². The summed E-state index contributed by atoms with van der Waals surface area (Å²) < 4.78 is 0. The quantitative estimate of drug-likeness (QED) is 0.646. The monoisotopic (exact) mass is 385 g/mol. The van der Waals surface area contributed by atoms with E-state index in [2.05, 4.69) is 79.7 Å². The molecule has 0 spiro atoms. The molecule has 3 rings (SSSR count). The summed E-state index contributed by atoms with van der Waals surface area (Å²) in [5, 5.41) is 0.572. The summed E-state index contributed by atoms with van der Waals surface area (Å²) in [6, 6.07) is 13.4. The number of hydrogen-bond donors (Lipinski definition) is 0. The van der Waals surface area contributed by atoms with E-state index in [1.807, 2.05) is 6.07 Å². The Morgan fingerprint density at radius 1 is 1.15 bits per heavy atom. The van der Waals surface area contributed by atoms with Crippen LogP contribution in [0.5, 0.6) is 0 Å². The normalized spacial score (nSPS) is 19.6. The van der Waals surface area contributed by atoms with Crippen molar-refractivity contribution in [1.29, 1.82) is 0 Å². The van der Waals surface area contributed by atoms with Gasteiger partial charge in [0.15, 0.2) is 0 Å². The smallest absolute Gasteiger partial charge is 0.129 e. The lowest BCUT2D eigenvalue weighted by Gasteiger charge is -2.49. The van der Waals surface area contributed by atoms with Crippen LogP contribution in [0, 0.1) is 0 Å². The van der Waals surface area contributed by atoms with Gasteiger partial charge in [-0.05, 0) is 55.5 Å². The highest BCUT2D eigenvalue weighted by Gasteiger charge is 2.35. The van der Waals surface area contributed by atoms with E-state index in [0.717, 1.165) is 26.2 Å². The first-order chi connectivity index (χ1) is 12.8. The minimum absolute atomic E-state index is 0.140. The molecule has 1 aliphatic rings. The molecule has 1 atom stereocenters. The van der Waals surface area contributed by atoms with E-state index < -0.39 is 0 Å². The Morgan fingerprint density at radius 2 is 1.89 bits per heavy atom. The summed E-state index contributed by atoms with van der Waals surface area (Å²) in [5.41, 5.74) is 4.31. The van der Waals surface area contributed by atoms with E-state index in [1.54, 1.807) is 6.20 Å². The summed E-state index contributed by atoms with van der Waals surface area (Å²) in [7, 11) is 0. The van der Waals surface area contributed by atoms with Crippen LogP contribution in [-0.4, -0.2) is 40.0 Å². The van der Waals surface area contributed by atoms with Crippen LogP contribution in [-0.2, 0) is 6.54 Å². The maximum Gasteiger partial charge on any atom is 0.129 e. The molecule has 0 aliphatic carbocycles. The topological polar surface area (TPSA) is 19.4 Å². The van der Waals surface area contributed by atoms with Gasteiger partial charge in [-0.1, -0.05) is 49.7 Å². The second kappa shape index (κ2) is 8.30. The van der Waals surface area contributed by atoms with Crippen LogP contribution in [0.2, 0.25) is 5.15 Å². The van der Waals surface area contributed by atoms with Crippen LogP contribution in [0.4, 0.5) is 0 Å². The van der Waals surface area contributed by atoms with Gasteiger partial charge in [-0.15, -0.1) is 0 Å². The maximum absolute atomic E-state index is 6.09. The molecule has 2 aromatic rings. The van der Waals surface area contributed by atoms with Crippen molar-refractivity contribution >= 4 is 11.6 Å².